The Morgan fingerprint density at radius 2 is 2.40 bits per heavy atom. The van der Waals surface area contributed by atoms with Crippen LogP contribution in [-0.2, 0) is 0 Å². The first kappa shape index (κ1) is 6.93. The summed E-state index contributed by atoms with van der Waals surface area (Å²) in [7, 11) is 3.50. The van der Waals surface area contributed by atoms with Gasteiger partial charge in [0, 0.05) is 24.9 Å². The lowest BCUT2D eigenvalue weighted by molar-refractivity contribution is 0.414. The molecular weight excluding hydrogens is 126 g/mol. The average molecular weight is 136 g/mol. The molecule has 1 aromatic carbocycles. The van der Waals surface area contributed by atoms with E-state index in [1.54, 1.807) is 7.11 Å². The Labute approximate surface area is 60.8 Å². The molecule has 0 aliphatic heterocycles. The summed E-state index contributed by atoms with van der Waals surface area (Å²) in [5.41, 5.74) is 1.04. The Morgan fingerprint density at radius 3 is 3.00 bits per heavy atom. The van der Waals surface area contributed by atoms with Crippen LogP contribution >= 0.6 is 0 Å². The number of hydrogen-bond donors (Lipinski definition) is 1. The van der Waals surface area contributed by atoms with Crippen molar-refractivity contribution in [3.8, 4) is 5.75 Å². The van der Waals surface area contributed by atoms with Crippen molar-refractivity contribution in [2.45, 2.75) is 0 Å². The van der Waals surface area contributed by atoms with E-state index < -0.39 is 0 Å². The van der Waals surface area contributed by atoms with E-state index in [2.05, 4.69) is 11.4 Å². The largest absolute Gasteiger partial charge is 0.496 e. The van der Waals surface area contributed by atoms with E-state index in [9.17, 15) is 0 Å². The van der Waals surface area contributed by atoms with E-state index in [1.165, 1.54) is 0 Å². The average Bonchev–Trinajstić information content (AvgIpc) is 2.05. The number of rotatable bonds is 2. The predicted molar refractivity (Wildman–Crippen MR) is 41.4 cm³/mol. The zero-order valence-corrected chi connectivity index (χ0v) is 6.14. The highest BCUT2D eigenvalue weighted by Crippen LogP contribution is 2.14. The number of nitrogens with one attached hydrogen (secondary N) is 1. The van der Waals surface area contributed by atoms with Crippen molar-refractivity contribution in [3.05, 3.63) is 24.3 Å². The Balaban J connectivity index is 2.87. The van der Waals surface area contributed by atoms with Crippen LogP contribution in [0, 0.1) is 6.07 Å². The fraction of sp³-hybridized carbons (Fsp3) is 0.250. The van der Waals surface area contributed by atoms with Crippen LogP contribution < -0.4 is 10.1 Å². The Bertz CT molecular complexity index is 191. The molecule has 0 spiro atoms. The van der Waals surface area contributed by atoms with E-state index in [0.29, 0.717) is 0 Å². The standard InChI is InChI=1S/C8H10NO/c1-9-7-4-3-5-8(6-7)10-2/h3-4,6,9H,1-2H3. The van der Waals surface area contributed by atoms with Crippen molar-refractivity contribution in [2.24, 2.45) is 0 Å². The minimum absolute atomic E-state index is 0.756. The normalized spacial score (nSPS) is 9.00. The molecule has 0 saturated heterocycles. The first-order chi connectivity index (χ1) is 4.86. The highest BCUT2D eigenvalue weighted by Gasteiger charge is 1.90. The monoisotopic (exact) mass is 136 g/mol. The third-order valence-electron chi connectivity index (χ3n) is 1.28. The summed E-state index contributed by atoms with van der Waals surface area (Å²) in [5.74, 6) is 0.756. The van der Waals surface area contributed by atoms with E-state index in [1.807, 2.05) is 25.2 Å². The summed E-state index contributed by atoms with van der Waals surface area (Å²) in [4.78, 5) is 0. The van der Waals surface area contributed by atoms with Crippen molar-refractivity contribution in [1.29, 1.82) is 0 Å². The van der Waals surface area contributed by atoms with Gasteiger partial charge in [-0.1, -0.05) is 0 Å². The molecule has 0 bridgehead atoms. The molecule has 1 N–H and O–H groups in total. The molecule has 10 heavy (non-hydrogen) atoms. The third-order valence-corrected chi connectivity index (χ3v) is 1.28. The Kier molecular flexibility index (Phi) is 2.15. The number of benzene rings is 1. The molecule has 0 aromatic heterocycles. The second-order valence-electron chi connectivity index (χ2n) is 1.90. The fourth-order valence-electron chi connectivity index (χ4n) is 0.718. The number of anilines is 1. The number of methoxy groups -OCH3 is 1. The molecule has 1 aromatic rings. The molecule has 1 rings (SSSR count). The summed E-state index contributed by atoms with van der Waals surface area (Å²) in [6.45, 7) is 0. The van der Waals surface area contributed by atoms with Crippen molar-refractivity contribution in [1.82, 2.24) is 0 Å². The van der Waals surface area contributed by atoms with Crippen LogP contribution in [-0.4, -0.2) is 14.2 Å². The molecule has 2 nitrogen and oxygen atoms in total. The highest BCUT2D eigenvalue weighted by molar-refractivity contribution is 5.46. The maximum atomic E-state index is 4.96. The van der Waals surface area contributed by atoms with Crippen molar-refractivity contribution < 1.29 is 4.74 Å². The third kappa shape index (κ3) is 1.41. The maximum absolute atomic E-state index is 4.96. The zero-order chi connectivity index (χ0) is 7.40. The van der Waals surface area contributed by atoms with Gasteiger partial charge in [-0.2, -0.15) is 0 Å². The van der Waals surface area contributed by atoms with Crippen LogP contribution in [0.3, 0.4) is 0 Å². The summed E-state index contributed by atoms with van der Waals surface area (Å²) in [5, 5.41) is 3.00. The molecule has 1 radical (unpaired) electrons. The lowest BCUT2D eigenvalue weighted by Gasteiger charge is -2.01. The second-order valence-corrected chi connectivity index (χ2v) is 1.90. The minimum atomic E-state index is 0.756. The van der Waals surface area contributed by atoms with Gasteiger partial charge in [0.2, 0.25) is 0 Å². The van der Waals surface area contributed by atoms with Crippen LogP contribution in [0.15, 0.2) is 18.2 Å². The molecule has 0 fully saturated rings. The second kappa shape index (κ2) is 3.11. The number of ether oxygens (including phenoxy) is 1. The molecular formula is C8H10NO. The van der Waals surface area contributed by atoms with Gasteiger partial charge in [-0.3, -0.25) is 0 Å². The Hall–Kier alpha value is -1.18. The van der Waals surface area contributed by atoms with Gasteiger partial charge in [-0.05, 0) is 12.1 Å². The zero-order valence-electron chi connectivity index (χ0n) is 6.14. The van der Waals surface area contributed by atoms with Gasteiger partial charge in [0.15, 0.2) is 0 Å². The molecule has 53 valence electrons. The summed E-state index contributed by atoms with van der Waals surface area (Å²) in [6, 6.07) is 8.58. The van der Waals surface area contributed by atoms with Crippen LogP contribution in [0.5, 0.6) is 5.75 Å². The SMILES string of the molecule is CNc1cc[c]c(OC)c1. The highest BCUT2D eigenvalue weighted by atomic mass is 16.5. The topological polar surface area (TPSA) is 21.3 Å². The van der Waals surface area contributed by atoms with E-state index >= 15 is 0 Å². The van der Waals surface area contributed by atoms with Crippen LogP contribution in [0.4, 0.5) is 5.69 Å². The first-order valence-electron chi connectivity index (χ1n) is 3.10. The summed E-state index contributed by atoms with van der Waals surface area (Å²) >= 11 is 0. The molecule has 0 amide bonds. The van der Waals surface area contributed by atoms with Gasteiger partial charge >= 0.3 is 0 Å². The van der Waals surface area contributed by atoms with Crippen LogP contribution in [0.1, 0.15) is 0 Å². The van der Waals surface area contributed by atoms with Gasteiger partial charge < -0.3 is 10.1 Å². The lowest BCUT2D eigenvalue weighted by atomic mass is 10.3. The molecule has 0 saturated carbocycles. The molecule has 0 aliphatic rings. The molecule has 0 atom stereocenters. The summed E-state index contributed by atoms with van der Waals surface area (Å²) < 4.78 is 4.96. The summed E-state index contributed by atoms with van der Waals surface area (Å²) in [6.07, 6.45) is 0. The van der Waals surface area contributed by atoms with Gasteiger partial charge in [-0.25, -0.2) is 0 Å². The number of hydrogen-bond acceptors (Lipinski definition) is 2. The van der Waals surface area contributed by atoms with Gasteiger partial charge in [0.05, 0.1) is 7.11 Å². The maximum Gasteiger partial charge on any atom is 0.128 e. The molecule has 0 aliphatic carbocycles. The van der Waals surface area contributed by atoms with E-state index in [0.717, 1.165) is 11.4 Å². The van der Waals surface area contributed by atoms with Gasteiger partial charge in [-0.15, -0.1) is 0 Å². The van der Waals surface area contributed by atoms with Gasteiger partial charge in [0.1, 0.15) is 5.75 Å². The molecule has 0 unspecified atom stereocenters. The first-order valence-corrected chi connectivity index (χ1v) is 3.10. The Morgan fingerprint density at radius 1 is 1.60 bits per heavy atom. The predicted octanol–water partition coefficient (Wildman–Crippen LogP) is 1.54. The fourth-order valence-corrected chi connectivity index (χ4v) is 0.718. The van der Waals surface area contributed by atoms with Crippen molar-refractivity contribution in [3.63, 3.8) is 0 Å². The van der Waals surface area contributed by atoms with Gasteiger partial charge in [0.25, 0.3) is 0 Å². The minimum Gasteiger partial charge on any atom is -0.496 e. The lowest BCUT2D eigenvalue weighted by Crippen LogP contribution is -1.88. The van der Waals surface area contributed by atoms with E-state index in [4.69, 9.17) is 4.74 Å². The quantitative estimate of drug-likeness (QED) is 0.665. The van der Waals surface area contributed by atoms with E-state index in [-0.39, 0.29) is 0 Å². The smallest absolute Gasteiger partial charge is 0.128 e. The van der Waals surface area contributed by atoms with Crippen LogP contribution in [0.25, 0.3) is 0 Å². The van der Waals surface area contributed by atoms with Crippen LogP contribution in [0.2, 0.25) is 0 Å². The molecule has 0 heterocycles. The van der Waals surface area contributed by atoms with Crippen molar-refractivity contribution in [2.75, 3.05) is 19.5 Å². The van der Waals surface area contributed by atoms with Crippen molar-refractivity contribution >= 4 is 5.69 Å². The molecule has 2 heteroatoms.